The first-order valence-corrected chi connectivity index (χ1v) is 7.65. The van der Waals surface area contributed by atoms with E-state index >= 15 is 0 Å². The zero-order chi connectivity index (χ0) is 19.7. The fraction of sp³-hybridized carbons (Fsp3) is 0.647. The molecule has 0 saturated heterocycles. The van der Waals surface area contributed by atoms with E-state index in [1.165, 1.54) is 12.1 Å². The molecule has 1 N–H and O–H groups in total. The average molecular weight is 372 g/mol. The molecule has 1 atom stereocenters. The Morgan fingerprint density at radius 1 is 0.920 bits per heavy atom. The Morgan fingerprint density at radius 2 is 1.36 bits per heavy atom. The zero-order valence-electron chi connectivity index (χ0n) is 14.4. The molecule has 25 heavy (non-hydrogen) atoms. The third kappa shape index (κ3) is 5.52. The maximum absolute atomic E-state index is 12.6. The van der Waals surface area contributed by atoms with Crippen LogP contribution in [0.15, 0.2) is 24.3 Å². The van der Waals surface area contributed by atoms with Crippen molar-refractivity contribution in [2.45, 2.75) is 58.0 Å². The van der Waals surface area contributed by atoms with Crippen LogP contribution in [0, 0.1) is 5.41 Å². The lowest BCUT2D eigenvalue weighted by Crippen LogP contribution is -2.60. The predicted molar refractivity (Wildman–Crippen MR) is 81.5 cm³/mol. The first-order valence-electron chi connectivity index (χ1n) is 7.65. The topological polar surface area (TPSA) is 29.5 Å². The van der Waals surface area contributed by atoms with Gasteiger partial charge in [0, 0.05) is 0 Å². The van der Waals surface area contributed by atoms with Crippen LogP contribution in [-0.4, -0.2) is 29.7 Å². The molecular weight excluding hydrogens is 350 g/mol. The highest BCUT2D eigenvalue weighted by atomic mass is 19.4. The molecule has 0 aliphatic rings. The third-order valence-corrected chi connectivity index (χ3v) is 3.75. The van der Waals surface area contributed by atoms with E-state index in [4.69, 9.17) is 5.11 Å². The SMILES string of the molecule is CC(CC(C)(C)C)c1ccc(OCC(O)(C(F)(F)F)C(F)(F)F)cc1. The lowest BCUT2D eigenvalue weighted by Gasteiger charge is -2.31. The number of ether oxygens (including phenoxy) is 1. The second-order valence-electron chi connectivity index (χ2n) is 7.38. The van der Waals surface area contributed by atoms with Crippen LogP contribution in [0.25, 0.3) is 0 Å². The van der Waals surface area contributed by atoms with Gasteiger partial charge in [-0.2, -0.15) is 26.3 Å². The molecule has 0 aromatic heterocycles. The summed E-state index contributed by atoms with van der Waals surface area (Å²) in [5.41, 5.74) is -3.95. The summed E-state index contributed by atoms with van der Waals surface area (Å²) in [5.74, 6) is -0.0185. The van der Waals surface area contributed by atoms with Crippen molar-refractivity contribution >= 4 is 0 Å². The van der Waals surface area contributed by atoms with Gasteiger partial charge in [-0.25, -0.2) is 0 Å². The summed E-state index contributed by atoms with van der Waals surface area (Å²) in [6, 6.07) is 5.77. The predicted octanol–water partition coefficient (Wildman–Crippen LogP) is 5.46. The van der Waals surface area contributed by atoms with Gasteiger partial charge in [0.25, 0.3) is 5.60 Å². The minimum Gasteiger partial charge on any atom is -0.490 e. The summed E-state index contributed by atoms with van der Waals surface area (Å²) in [4.78, 5) is 0. The van der Waals surface area contributed by atoms with Crippen LogP contribution in [-0.2, 0) is 0 Å². The van der Waals surface area contributed by atoms with E-state index in [9.17, 15) is 26.3 Å². The molecule has 1 unspecified atom stereocenters. The molecule has 144 valence electrons. The first-order chi connectivity index (χ1) is 11.1. The second kappa shape index (κ2) is 7.05. The van der Waals surface area contributed by atoms with E-state index < -0.39 is 24.6 Å². The van der Waals surface area contributed by atoms with Gasteiger partial charge in [0.1, 0.15) is 12.4 Å². The van der Waals surface area contributed by atoms with E-state index in [-0.39, 0.29) is 17.1 Å². The Hall–Kier alpha value is -1.44. The van der Waals surface area contributed by atoms with Crippen LogP contribution < -0.4 is 4.74 Å². The largest absolute Gasteiger partial charge is 0.490 e. The van der Waals surface area contributed by atoms with Crippen LogP contribution in [0.4, 0.5) is 26.3 Å². The molecule has 0 radical (unpaired) electrons. The highest BCUT2D eigenvalue weighted by Crippen LogP contribution is 2.43. The van der Waals surface area contributed by atoms with E-state index in [0.29, 0.717) is 0 Å². The monoisotopic (exact) mass is 372 g/mol. The van der Waals surface area contributed by atoms with Gasteiger partial charge in [0.2, 0.25) is 0 Å². The van der Waals surface area contributed by atoms with Gasteiger partial charge >= 0.3 is 12.4 Å². The molecule has 1 aromatic carbocycles. The second-order valence-corrected chi connectivity index (χ2v) is 7.38. The van der Waals surface area contributed by atoms with E-state index in [1.54, 1.807) is 12.1 Å². The quantitative estimate of drug-likeness (QED) is 0.696. The molecule has 0 aliphatic carbocycles. The van der Waals surface area contributed by atoms with Crippen molar-refractivity contribution in [3.05, 3.63) is 29.8 Å². The van der Waals surface area contributed by atoms with Gasteiger partial charge < -0.3 is 9.84 Å². The van der Waals surface area contributed by atoms with E-state index in [1.807, 2.05) is 6.92 Å². The van der Waals surface area contributed by atoms with Crippen LogP contribution >= 0.6 is 0 Å². The van der Waals surface area contributed by atoms with Gasteiger partial charge in [-0.1, -0.05) is 39.8 Å². The van der Waals surface area contributed by atoms with Gasteiger partial charge in [-0.15, -0.1) is 0 Å². The van der Waals surface area contributed by atoms with Crippen molar-refractivity contribution in [1.82, 2.24) is 0 Å². The molecule has 0 heterocycles. The fourth-order valence-corrected chi connectivity index (χ4v) is 2.44. The molecule has 0 fully saturated rings. The molecule has 0 aliphatic heterocycles. The van der Waals surface area contributed by atoms with Crippen LogP contribution in [0.5, 0.6) is 5.75 Å². The van der Waals surface area contributed by atoms with Crippen molar-refractivity contribution in [1.29, 1.82) is 0 Å². The Balaban J connectivity index is 2.85. The lowest BCUT2D eigenvalue weighted by molar-refractivity contribution is -0.373. The summed E-state index contributed by atoms with van der Waals surface area (Å²) in [6.07, 6.45) is -10.9. The highest BCUT2D eigenvalue weighted by molar-refractivity contribution is 5.29. The van der Waals surface area contributed by atoms with Crippen molar-refractivity contribution < 1.29 is 36.2 Å². The summed E-state index contributed by atoms with van der Waals surface area (Å²) in [5, 5.41) is 9.04. The molecule has 0 amide bonds. The number of rotatable bonds is 5. The van der Waals surface area contributed by atoms with Crippen molar-refractivity contribution in [3.63, 3.8) is 0 Å². The zero-order valence-corrected chi connectivity index (χ0v) is 14.4. The summed E-state index contributed by atoms with van der Waals surface area (Å²) < 4.78 is 80.1. The van der Waals surface area contributed by atoms with Crippen LogP contribution in [0.1, 0.15) is 45.6 Å². The number of benzene rings is 1. The lowest BCUT2D eigenvalue weighted by atomic mass is 9.82. The fourth-order valence-electron chi connectivity index (χ4n) is 2.44. The summed E-state index contributed by atoms with van der Waals surface area (Å²) in [7, 11) is 0. The standard InChI is InChI=1S/C17H22F6O2/c1-11(9-14(2,3)4)12-5-7-13(8-6-12)25-10-15(24,16(18,19)20)17(21,22)23/h5-8,11,24H,9-10H2,1-4H3. The molecular formula is C17H22F6O2. The van der Waals surface area contributed by atoms with Crippen LogP contribution in [0.2, 0.25) is 0 Å². The normalized spacial score (nSPS) is 15.2. The molecule has 1 rings (SSSR count). The molecule has 0 spiro atoms. The molecule has 2 nitrogen and oxygen atoms in total. The smallest absolute Gasteiger partial charge is 0.429 e. The maximum Gasteiger partial charge on any atom is 0.429 e. The van der Waals surface area contributed by atoms with Crippen molar-refractivity contribution in [2.24, 2.45) is 5.41 Å². The van der Waals surface area contributed by atoms with E-state index in [0.717, 1.165) is 12.0 Å². The number of hydrogen-bond acceptors (Lipinski definition) is 2. The average Bonchev–Trinajstić information content (AvgIpc) is 2.41. The van der Waals surface area contributed by atoms with Crippen LogP contribution in [0.3, 0.4) is 0 Å². The van der Waals surface area contributed by atoms with Crippen molar-refractivity contribution in [3.8, 4) is 5.75 Å². The third-order valence-electron chi connectivity index (χ3n) is 3.75. The Labute approximate surface area is 142 Å². The Morgan fingerprint density at radius 3 is 1.72 bits per heavy atom. The molecule has 0 saturated carbocycles. The molecule has 1 aromatic rings. The van der Waals surface area contributed by atoms with Gasteiger partial charge in [-0.05, 0) is 35.4 Å². The minimum atomic E-state index is -5.90. The number of halogens is 6. The number of alkyl halides is 6. The van der Waals surface area contributed by atoms with E-state index in [2.05, 4.69) is 25.5 Å². The van der Waals surface area contributed by atoms with Gasteiger partial charge in [0.05, 0.1) is 0 Å². The minimum absolute atomic E-state index is 0.0739. The number of hydrogen-bond donors (Lipinski definition) is 1. The Bertz CT molecular complexity index is 540. The summed E-state index contributed by atoms with van der Waals surface area (Å²) in [6.45, 7) is 6.21. The number of aliphatic hydroxyl groups is 1. The van der Waals surface area contributed by atoms with Crippen molar-refractivity contribution in [2.75, 3.05) is 6.61 Å². The molecule has 8 heteroatoms. The Kier molecular flexibility index (Phi) is 6.09. The summed E-state index contributed by atoms with van der Waals surface area (Å²) >= 11 is 0. The van der Waals surface area contributed by atoms with Gasteiger partial charge in [-0.3, -0.25) is 0 Å². The van der Waals surface area contributed by atoms with Gasteiger partial charge in [0.15, 0.2) is 0 Å². The first kappa shape index (κ1) is 21.6. The highest BCUT2D eigenvalue weighted by Gasteiger charge is 2.71. The maximum atomic E-state index is 12.6. The molecule has 0 bridgehead atoms.